The topological polar surface area (TPSA) is 29.3 Å². The standard InChI is InChI=1S/C12H26N2S/c1-6-11(12(13)15)14(7-9(2)3)8-10(4)5/h9-11H,6-8H2,1-5H3,(H2,13,15). The number of nitrogens with zero attached hydrogens (tertiary/aromatic N) is 1. The lowest BCUT2D eigenvalue weighted by Crippen LogP contribution is -2.46. The highest BCUT2D eigenvalue weighted by molar-refractivity contribution is 7.80. The maximum absolute atomic E-state index is 5.79. The summed E-state index contributed by atoms with van der Waals surface area (Å²) in [6, 6.07) is 0.268. The first-order valence-electron chi connectivity index (χ1n) is 5.91. The maximum Gasteiger partial charge on any atom is 0.0901 e. The summed E-state index contributed by atoms with van der Waals surface area (Å²) in [5.74, 6) is 1.32. The van der Waals surface area contributed by atoms with Gasteiger partial charge in [0.2, 0.25) is 0 Å². The predicted octanol–water partition coefficient (Wildman–Crippen LogP) is 2.67. The summed E-state index contributed by atoms with van der Waals surface area (Å²) in [6.07, 6.45) is 1.01. The Labute approximate surface area is 100 Å². The number of thiocarbonyl (C=S) groups is 1. The van der Waals surface area contributed by atoms with Crippen molar-refractivity contribution in [1.29, 1.82) is 0 Å². The van der Waals surface area contributed by atoms with Crippen molar-refractivity contribution < 1.29 is 0 Å². The van der Waals surface area contributed by atoms with Gasteiger partial charge in [-0.15, -0.1) is 0 Å². The van der Waals surface area contributed by atoms with E-state index in [9.17, 15) is 0 Å². The number of nitrogens with two attached hydrogens (primary N) is 1. The molecule has 2 N–H and O–H groups in total. The quantitative estimate of drug-likeness (QED) is 0.682. The van der Waals surface area contributed by atoms with Crippen LogP contribution in [0.15, 0.2) is 0 Å². The molecule has 90 valence electrons. The van der Waals surface area contributed by atoms with Gasteiger partial charge in [-0.2, -0.15) is 0 Å². The molecule has 0 saturated heterocycles. The van der Waals surface area contributed by atoms with E-state index in [2.05, 4.69) is 39.5 Å². The van der Waals surface area contributed by atoms with Crippen molar-refractivity contribution in [3.8, 4) is 0 Å². The third-order valence-corrected chi connectivity index (χ3v) is 2.63. The van der Waals surface area contributed by atoms with Crippen molar-refractivity contribution in [3.05, 3.63) is 0 Å². The van der Waals surface area contributed by atoms with Gasteiger partial charge in [-0.05, 0) is 18.3 Å². The minimum absolute atomic E-state index is 0.268. The van der Waals surface area contributed by atoms with Gasteiger partial charge in [0, 0.05) is 13.1 Å². The summed E-state index contributed by atoms with van der Waals surface area (Å²) in [5, 5.41) is 0. The van der Waals surface area contributed by atoms with E-state index in [1.807, 2.05) is 0 Å². The van der Waals surface area contributed by atoms with Crippen LogP contribution in [0.1, 0.15) is 41.0 Å². The maximum atomic E-state index is 5.79. The molecule has 0 aromatic carbocycles. The van der Waals surface area contributed by atoms with Crippen LogP contribution < -0.4 is 5.73 Å². The Morgan fingerprint density at radius 3 is 1.73 bits per heavy atom. The van der Waals surface area contributed by atoms with E-state index in [4.69, 9.17) is 18.0 Å². The first-order valence-corrected chi connectivity index (χ1v) is 6.32. The molecule has 0 aromatic rings. The molecule has 1 atom stereocenters. The van der Waals surface area contributed by atoms with Crippen LogP contribution >= 0.6 is 12.2 Å². The zero-order valence-electron chi connectivity index (χ0n) is 10.8. The molecule has 0 amide bonds. The minimum atomic E-state index is 0.268. The lowest BCUT2D eigenvalue weighted by molar-refractivity contribution is 0.190. The van der Waals surface area contributed by atoms with E-state index in [1.54, 1.807) is 0 Å². The van der Waals surface area contributed by atoms with Gasteiger partial charge in [-0.1, -0.05) is 46.8 Å². The van der Waals surface area contributed by atoms with Gasteiger partial charge >= 0.3 is 0 Å². The molecule has 0 radical (unpaired) electrons. The summed E-state index contributed by atoms with van der Waals surface area (Å²) >= 11 is 5.13. The Bertz CT molecular complexity index is 180. The normalized spacial score (nSPS) is 13.9. The van der Waals surface area contributed by atoms with Crippen molar-refractivity contribution in [3.63, 3.8) is 0 Å². The van der Waals surface area contributed by atoms with E-state index in [0.29, 0.717) is 16.8 Å². The van der Waals surface area contributed by atoms with Crippen LogP contribution in [-0.2, 0) is 0 Å². The second-order valence-corrected chi connectivity index (χ2v) is 5.54. The second-order valence-electron chi connectivity index (χ2n) is 5.07. The van der Waals surface area contributed by atoms with Crippen molar-refractivity contribution in [2.75, 3.05) is 13.1 Å². The third kappa shape index (κ3) is 6.10. The van der Waals surface area contributed by atoms with Gasteiger partial charge < -0.3 is 5.73 Å². The molecule has 3 heteroatoms. The van der Waals surface area contributed by atoms with E-state index in [0.717, 1.165) is 19.5 Å². The first-order chi connectivity index (χ1) is 6.88. The summed E-state index contributed by atoms with van der Waals surface area (Å²) < 4.78 is 0. The molecule has 0 bridgehead atoms. The van der Waals surface area contributed by atoms with Crippen molar-refractivity contribution >= 4 is 17.2 Å². The molecular weight excluding hydrogens is 204 g/mol. The molecule has 0 spiro atoms. The summed E-state index contributed by atoms with van der Waals surface area (Å²) in [4.78, 5) is 3.07. The molecule has 0 aliphatic heterocycles. The van der Waals surface area contributed by atoms with Gasteiger partial charge in [0.05, 0.1) is 11.0 Å². The van der Waals surface area contributed by atoms with Gasteiger partial charge in [0.15, 0.2) is 0 Å². The lowest BCUT2D eigenvalue weighted by atomic mass is 10.1. The zero-order chi connectivity index (χ0) is 12.0. The predicted molar refractivity (Wildman–Crippen MR) is 72.1 cm³/mol. The SMILES string of the molecule is CCC(C(N)=S)N(CC(C)C)CC(C)C. The fraction of sp³-hybridized carbons (Fsp3) is 0.917. The molecular formula is C12H26N2S. The first kappa shape index (κ1) is 14.8. The fourth-order valence-electron chi connectivity index (χ4n) is 1.91. The number of hydrogen-bond acceptors (Lipinski definition) is 2. The van der Waals surface area contributed by atoms with Crippen LogP contribution in [0.25, 0.3) is 0 Å². The molecule has 0 saturated carbocycles. The highest BCUT2D eigenvalue weighted by atomic mass is 32.1. The van der Waals surface area contributed by atoms with Gasteiger partial charge in [-0.25, -0.2) is 0 Å². The number of rotatable bonds is 7. The summed E-state index contributed by atoms with van der Waals surface area (Å²) in [6.45, 7) is 13.2. The van der Waals surface area contributed by atoms with Crippen LogP contribution in [0, 0.1) is 11.8 Å². The lowest BCUT2D eigenvalue weighted by Gasteiger charge is -2.33. The Kier molecular flexibility index (Phi) is 7.11. The average molecular weight is 230 g/mol. The monoisotopic (exact) mass is 230 g/mol. The fourth-order valence-corrected chi connectivity index (χ4v) is 2.22. The molecule has 15 heavy (non-hydrogen) atoms. The Morgan fingerprint density at radius 1 is 1.13 bits per heavy atom. The number of hydrogen-bond donors (Lipinski definition) is 1. The van der Waals surface area contributed by atoms with E-state index >= 15 is 0 Å². The summed E-state index contributed by atoms with van der Waals surface area (Å²) in [7, 11) is 0. The molecule has 0 aliphatic carbocycles. The molecule has 0 rings (SSSR count). The Morgan fingerprint density at radius 2 is 1.53 bits per heavy atom. The Balaban J connectivity index is 4.50. The summed E-state index contributed by atoms with van der Waals surface area (Å²) in [5.41, 5.74) is 5.79. The highest BCUT2D eigenvalue weighted by Gasteiger charge is 2.20. The highest BCUT2D eigenvalue weighted by Crippen LogP contribution is 2.11. The molecule has 1 unspecified atom stereocenters. The van der Waals surface area contributed by atoms with Crippen LogP contribution in [0.2, 0.25) is 0 Å². The van der Waals surface area contributed by atoms with E-state index in [-0.39, 0.29) is 6.04 Å². The van der Waals surface area contributed by atoms with Crippen LogP contribution in [0.4, 0.5) is 0 Å². The molecule has 0 fully saturated rings. The van der Waals surface area contributed by atoms with Crippen LogP contribution in [-0.4, -0.2) is 29.0 Å². The minimum Gasteiger partial charge on any atom is -0.392 e. The van der Waals surface area contributed by atoms with Crippen molar-refractivity contribution in [2.24, 2.45) is 17.6 Å². The largest absolute Gasteiger partial charge is 0.392 e. The molecule has 0 heterocycles. The van der Waals surface area contributed by atoms with Gasteiger partial charge in [0.25, 0.3) is 0 Å². The zero-order valence-corrected chi connectivity index (χ0v) is 11.6. The Hall–Kier alpha value is -0.150. The molecule has 2 nitrogen and oxygen atoms in total. The van der Waals surface area contributed by atoms with Crippen LogP contribution in [0.3, 0.4) is 0 Å². The third-order valence-electron chi connectivity index (χ3n) is 2.36. The van der Waals surface area contributed by atoms with Crippen molar-refractivity contribution in [2.45, 2.75) is 47.1 Å². The molecule has 0 aliphatic rings. The van der Waals surface area contributed by atoms with E-state index < -0.39 is 0 Å². The van der Waals surface area contributed by atoms with Crippen LogP contribution in [0.5, 0.6) is 0 Å². The second kappa shape index (κ2) is 7.18. The average Bonchev–Trinajstić information content (AvgIpc) is 2.01. The molecule has 0 aromatic heterocycles. The van der Waals surface area contributed by atoms with E-state index in [1.165, 1.54) is 0 Å². The van der Waals surface area contributed by atoms with Gasteiger partial charge in [-0.3, -0.25) is 4.90 Å². The van der Waals surface area contributed by atoms with Crippen molar-refractivity contribution in [1.82, 2.24) is 4.90 Å². The smallest absolute Gasteiger partial charge is 0.0901 e. The van der Waals surface area contributed by atoms with Gasteiger partial charge in [0.1, 0.15) is 0 Å².